The van der Waals surface area contributed by atoms with E-state index in [4.69, 9.17) is 5.10 Å². The third-order valence-corrected chi connectivity index (χ3v) is 6.71. The number of aliphatic hydroxyl groups is 1. The zero-order valence-electron chi connectivity index (χ0n) is 18.8. The monoisotopic (exact) mass is 433 g/mol. The number of amides is 1. The standard InChI is InChI=1S/C25H31N5O2/c1-3-20-14-22(25(32)29-13-5-4-6-16(29)2)27-23-15-21(28-30(20)23)17-9-11-19(12-10-17)26-24(31)18-7-8-18/h9-12,14-16,18,24,26,31H,3-8,13H2,1-2H3/t16?,24-/m1/s1. The Morgan fingerprint density at radius 2 is 1.97 bits per heavy atom. The molecule has 168 valence electrons. The van der Waals surface area contributed by atoms with Gasteiger partial charge in [0, 0.05) is 41.5 Å². The topological polar surface area (TPSA) is 82.8 Å². The number of rotatable bonds is 6. The number of carbonyl (C=O) groups is 1. The molecule has 1 aromatic carbocycles. The van der Waals surface area contributed by atoms with Gasteiger partial charge in [0.2, 0.25) is 0 Å². The van der Waals surface area contributed by atoms with Crippen molar-refractivity contribution in [3.8, 4) is 11.3 Å². The normalized spacial score (nSPS) is 19.8. The van der Waals surface area contributed by atoms with Crippen molar-refractivity contribution in [1.29, 1.82) is 0 Å². The largest absolute Gasteiger partial charge is 0.374 e. The van der Waals surface area contributed by atoms with Crippen LogP contribution in [0.5, 0.6) is 0 Å². The van der Waals surface area contributed by atoms with E-state index in [1.165, 1.54) is 6.42 Å². The van der Waals surface area contributed by atoms with Gasteiger partial charge in [0.1, 0.15) is 11.9 Å². The minimum Gasteiger partial charge on any atom is -0.374 e. The van der Waals surface area contributed by atoms with E-state index >= 15 is 0 Å². The number of aromatic nitrogens is 3. The van der Waals surface area contributed by atoms with Gasteiger partial charge in [0.15, 0.2) is 5.65 Å². The van der Waals surface area contributed by atoms with E-state index in [0.717, 1.165) is 61.3 Å². The van der Waals surface area contributed by atoms with Crippen molar-refractivity contribution in [2.45, 2.75) is 64.6 Å². The van der Waals surface area contributed by atoms with Crippen LogP contribution in [0.3, 0.4) is 0 Å². The van der Waals surface area contributed by atoms with Crippen LogP contribution in [0.4, 0.5) is 5.69 Å². The second-order valence-corrected chi connectivity index (χ2v) is 9.13. The molecule has 2 N–H and O–H groups in total. The summed E-state index contributed by atoms with van der Waals surface area (Å²) in [6, 6.07) is 12.0. The molecule has 0 spiro atoms. The minimum atomic E-state index is -0.481. The molecule has 2 fully saturated rings. The molecule has 5 rings (SSSR count). The predicted octanol–water partition coefficient (Wildman–Crippen LogP) is 4.11. The first-order valence-corrected chi connectivity index (χ1v) is 11.8. The van der Waals surface area contributed by atoms with Gasteiger partial charge in [-0.1, -0.05) is 19.1 Å². The van der Waals surface area contributed by atoms with Crippen molar-refractivity contribution in [3.05, 3.63) is 47.8 Å². The number of piperidine rings is 1. The SMILES string of the molecule is CCc1cc(C(=O)N2CCCCC2C)nc2cc(-c3ccc(N[C@H](O)C4CC4)cc3)nn12. The molecule has 2 aliphatic rings. The molecule has 1 aliphatic heterocycles. The number of hydrogen-bond donors (Lipinski definition) is 2. The Kier molecular flexibility index (Phi) is 5.59. The Hall–Kier alpha value is -2.93. The molecule has 7 nitrogen and oxygen atoms in total. The van der Waals surface area contributed by atoms with Gasteiger partial charge < -0.3 is 15.3 Å². The molecule has 1 unspecified atom stereocenters. The fourth-order valence-electron chi connectivity index (χ4n) is 4.52. The van der Waals surface area contributed by atoms with Gasteiger partial charge in [-0.2, -0.15) is 5.10 Å². The number of aliphatic hydroxyl groups excluding tert-OH is 1. The maximum atomic E-state index is 13.2. The van der Waals surface area contributed by atoms with Crippen molar-refractivity contribution in [2.75, 3.05) is 11.9 Å². The highest BCUT2D eigenvalue weighted by Gasteiger charge is 2.29. The highest BCUT2D eigenvalue weighted by atomic mass is 16.3. The Bertz CT molecular complexity index is 1120. The zero-order valence-corrected chi connectivity index (χ0v) is 18.8. The van der Waals surface area contributed by atoms with Gasteiger partial charge in [0.05, 0.1) is 5.69 Å². The van der Waals surface area contributed by atoms with E-state index in [9.17, 15) is 9.90 Å². The number of fused-ring (bicyclic) bond motifs is 1. The van der Waals surface area contributed by atoms with Crippen LogP contribution in [-0.4, -0.2) is 49.3 Å². The third kappa shape index (κ3) is 4.09. The number of nitrogens with zero attached hydrogens (tertiary/aromatic N) is 4. The van der Waals surface area contributed by atoms with Crippen molar-refractivity contribution < 1.29 is 9.90 Å². The first-order valence-electron chi connectivity index (χ1n) is 11.8. The highest BCUT2D eigenvalue weighted by molar-refractivity contribution is 5.93. The number of hydrogen-bond acceptors (Lipinski definition) is 5. The number of nitrogens with one attached hydrogen (secondary N) is 1. The summed E-state index contributed by atoms with van der Waals surface area (Å²) >= 11 is 0. The number of carbonyl (C=O) groups excluding carboxylic acids is 1. The van der Waals surface area contributed by atoms with Crippen LogP contribution >= 0.6 is 0 Å². The molecule has 0 radical (unpaired) electrons. The summed E-state index contributed by atoms with van der Waals surface area (Å²) in [7, 11) is 0. The van der Waals surface area contributed by atoms with Crippen molar-refractivity contribution in [2.24, 2.45) is 5.92 Å². The predicted molar refractivity (Wildman–Crippen MR) is 125 cm³/mol. The van der Waals surface area contributed by atoms with Crippen molar-refractivity contribution in [3.63, 3.8) is 0 Å². The van der Waals surface area contributed by atoms with Crippen LogP contribution < -0.4 is 5.32 Å². The number of aryl methyl sites for hydroxylation is 1. The molecule has 2 aromatic heterocycles. The second-order valence-electron chi connectivity index (χ2n) is 9.13. The fourth-order valence-corrected chi connectivity index (χ4v) is 4.52. The van der Waals surface area contributed by atoms with Gasteiger partial charge in [-0.15, -0.1) is 0 Å². The van der Waals surface area contributed by atoms with Crippen LogP contribution in [0.2, 0.25) is 0 Å². The van der Waals surface area contributed by atoms with Gasteiger partial charge in [-0.3, -0.25) is 4.79 Å². The summed E-state index contributed by atoms with van der Waals surface area (Å²) < 4.78 is 1.84. The molecule has 32 heavy (non-hydrogen) atoms. The van der Waals surface area contributed by atoms with Crippen LogP contribution in [0.1, 0.15) is 62.1 Å². The molecule has 7 heteroatoms. The zero-order chi connectivity index (χ0) is 22.2. The molecule has 2 atom stereocenters. The summed E-state index contributed by atoms with van der Waals surface area (Å²) in [5.74, 6) is 0.387. The second kappa shape index (κ2) is 8.54. The Balaban J connectivity index is 1.42. The molecular formula is C25H31N5O2. The average molecular weight is 434 g/mol. The van der Waals surface area contributed by atoms with E-state index in [-0.39, 0.29) is 11.9 Å². The third-order valence-electron chi connectivity index (χ3n) is 6.71. The lowest BCUT2D eigenvalue weighted by Crippen LogP contribution is -2.42. The maximum absolute atomic E-state index is 13.2. The summed E-state index contributed by atoms with van der Waals surface area (Å²) in [6.07, 6.45) is 5.73. The lowest BCUT2D eigenvalue weighted by Gasteiger charge is -2.33. The van der Waals surface area contributed by atoms with Gasteiger partial charge >= 0.3 is 0 Å². The Morgan fingerprint density at radius 3 is 2.66 bits per heavy atom. The lowest BCUT2D eigenvalue weighted by atomic mass is 10.0. The van der Waals surface area contributed by atoms with E-state index < -0.39 is 6.23 Å². The first-order chi connectivity index (χ1) is 15.5. The Morgan fingerprint density at radius 1 is 1.19 bits per heavy atom. The van der Waals surface area contributed by atoms with E-state index in [2.05, 4.69) is 24.1 Å². The highest BCUT2D eigenvalue weighted by Crippen LogP contribution is 2.33. The van der Waals surface area contributed by atoms with Gasteiger partial charge in [-0.25, -0.2) is 9.50 Å². The van der Waals surface area contributed by atoms with Crippen LogP contribution in [0.25, 0.3) is 16.9 Å². The lowest BCUT2D eigenvalue weighted by molar-refractivity contribution is 0.0629. The van der Waals surface area contributed by atoms with Crippen molar-refractivity contribution in [1.82, 2.24) is 19.5 Å². The molecule has 1 saturated carbocycles. The number of benzene rings is 1. The number of anilines is 1. The molecule has 3 heterocycles. The van der Waals surface area contributed by atoms with Gasteiger partial charge in [0.25, 0.3) is 5.91 Å². The number of likely N-dealkylation sites (tertiary alicyclic amines) is 1. The smallest absolute Gasteiger partial charge is 0.272 e. The van der Waals surface area contributed by atoms with E-state index in [0.29, 0.717) is 17.3 Å². The summed E-state index contributed by atoms with van der Waals surface area (Å²) in [6.45, 7) is 4.99. The summed E-state index contributed by atoms with van der Waals surface area (Å²) in [4.78, 5) is 19.8. The molecular weight excluding hydrogens is 402 g/mol. The molecule has 1 amide bonds. The molecule has 1 aliphatic carbocycles. The maximum Gasteiger partial charge on any atom is 0.272 e. The quantitative estimate of drug-likeness (QED) is 0.572. The van der Waals surface area contributed by atoms with Crippen LogP contribution in [0.15, 0.2) is 36.4 Å². The van der Waals surface area contributed by atoms with E-state index in [1.54, 1.807) is 0 Å². The average Bonchev–Trinajstić information content (AvgIpc) is 3.57. The molecule has 0 bridgehead atoms. The summed E-state index contributed by atoms with van der Waals surface area (Å²) in [5, 5.41) is 18.0. The molecule has 3 aromatic rings. The minimum absolute atomic E-state index is 0.0156. The van der Waals surface area contributed by atoms with Crippen LogP contribution in [0, 0.1) is 5.92 Å². The molecule has 1 saturated heterocycles. The summed E-state index contributed by atoms with van der Waals surface area (Å²) in [5.41, 5.74) is 4.86. The van der Waals surface area contributed by atoms with Crippen molar-refractivity contribution >= 4 is 17.2 Å². The fraction of sp³-hybridized carbons (Fsp3) is 0.480. The van der Waals surface area contributed by atoms with Crippen LogP contribution in [-0.2, 0) is 6.42 Å². The first kappa shape index (κ1) is 20.9. The Labute approximate surface area is 188 Å². The van der Waals surface area contributed by atoms with E-state index in [1.807, 2.05) is 45.8 Å². The van der Waals surface area contributed by atoms with Gasteiger partial charge in [-0.05, 0) is 63.6 Å².